The van der Waals surface area contributed by atoms with Crippen LogP contribution >= 0.6 is 0 Å². The Morgan fingerprint density at radius 1 is 1.19 bits per heavy atom. The Hall–Kier alpha value is -2.48. The van der Waals surface area contributed by atoms with Crippen LogP contribution in [0.4, 0.5) is 15.8 Å². The van der Waals surface area contributed by atoms with E-state index < -0.39 is 20.8 Å². The van der Waals surface area contributed by atoms with Crippen LogP contribution < -0.4 is 4.72 Å². The zero-order chi connectivity index (χ0) is 15.6. The Morgan fingerprint density at radius 2 is 1.90 bits per heavy atom. The fourth-order valence-corrected chi connectivity index (χ4v) is 3.08. The Balaban J connectivity index is 2.37. The van der Waals surface area contributed by atoms with Crippen molar-refractivity contribution in [2.24, 2.45) is 0 Å². The molecule has 0 aliphatic carbocycles. The number of nitro benzene ring substituents is 1. The predicted octanol–water partition coefficient (Wildman–Crippen LogP) is 2.84. The largest absolute Gasteiger partial charge is 0.279 e. The van der Waals surface area contributed by atoms with Crippen LogP contribution in [0, 0.1) is 22.9 Å². The van der Waals surface area contributed by atoms with E-state index in [1.807, 2.05) is 0 Å². The van der Waals surface area contributed by atoms with Gasteiger partial charge in [0.2, 0.25) is 0 Å². The average molecular weight is 310 g/mol. The summed E-state index contributed by atoms with van der Waals surface area (Å²) in [4.78, 5) is 9.96. The maximum absolute atomic E-state index is 13.0. The molecule has 2 aromatic carbocycles. The fraction of sp³-hybridized carbons (Fsp3) is 0.0769. The smallest absolute Gasteiger partial charge is 0.271 e. The van der Waals surface area contributed by atoms with E-state index in [1.165, 1.54) is 25.1 Å². The summed E-state index contributed by atoms with van der Waals surface area (Å²) in [6.45, 7) is 1.46. The van der Waals surface area contributed by atoms with Crippen molar-refractivity contribution in [1.82, 2.24) is 0 Å². The highest BCUT2D eigenvalue weighted by atomic mass is 32.2. The number of hydrogen-bond donors (Lipinski definition) is 1. The zero-order valence-electron chi connectivity index (χ0n) is 10.9. The summed E-state index contributed by atoms with van der Waals surface area (Å²) in [6.07, 6.45) is 0. The van der Waals surface area contributed by atoms with Gasteiger partial charge in [-0.3, -0.25) is 14.8 Å². The topological polar surface area (TPSA) is 89.3 Å². The lowest BCUT2D eigenvalue weighted by atomic mass is 10.2. The lowest BCUT2D eigenvalue weighted by Gasteiger charge is -2.10. The van der Waals surface area contributed by atoms with Gasteiger partial charge in [-0.25, -0.2) is 12.8 Å². The molecule has 0 aromatic heterocycles. The summed E-state index contributed by atoms with van der Waals surface area (Å²) in [5.41, 5.74) is 0.0758. The Bertz CT molecular complexity index is 806. The van der Waals surface area contributed by atoms with Crippen molar-refractivity contribution in [2.45, 2.75) is 11.8 Å². The molecule has 0 unspecified atom stereocenters. The third-order valence-corrected chi connectivity index (χ3v) is 4.28. The van der Waals surface area contributed by atoms with Crippen LogP contribution in [0.2, 0.25) is 0 Å². The monoisotopic (exact) mass is 310 g/mol. The standard InChI is InChI=1S/C13H11FN2O4S/c1-9-7-10(14)5-6-13(9)21(19,20)15-11-3-2-4-12(8-11)16(17)18/h2-8,15H,1H3. The van der Waals surface area contributed by atoms with E-state index in [-0.39, 0.29) is 21.8 Å². The molecular weight excluding hydrogens is 299 g/mol. The first kappa shape index (κ1) is 14.9. The molecule has 21 heavy (non-hydrogen) atoms. The van der Waals surface area contributed by atoms with Gasteiger partial charge in [-0.1, -0.05) is 6.07 Å². The molecule has 0 fully saturated rings. The van der Waals surface area contributed by atoms with Gasteiger partial charge in [0.1, 0.15) is 5.82 Å². The summed E-state index contributed by atoms with van der Waals surface area (Å²) < 4.78 is 39.7. The van der Waals surface area contributed by atoms with Gasteiger partial charge in [0, 0.05) is 12.1 Å². The number of sulfonamides is 1. The predicted molar refractivity (Wildman–Crippen MR) is 75.0 cm³/mol. The zero-order valence-corrected chi connectivity index (χ0v) is 11.7. The maximum Gasteiger partial charge on any atom is 0.271 e. The SMILES string of the molecule is Cc1cc(F)ccc1S(=O)(=O)Nc1cccc([N+](=O)[O-])c1. The van der Waals surface area contributed by atoms with Crippen LogP contribution in [0.5, 0.6) is 0 Å². The molecule has 0 spiro atoms. The maximum atomic E-state index is 13.0. The number of hydrogen-bond acceptors (Lipinski definition) is 4. The molecule has 0 aliphatic heterocycles. The molecule has 0 heterocycles. The second kappa shape index (κ2) is 5.49. The summed E-state index contributed by atoms with van der Waals surface area (Å²) >= 11 is 0. The normalized spacial score (nSPS) is 11.1. The van der Waals surface area contributed by atoms with Crippen molar-refractivity contribution in [3.63, 3.8) is 0 Å². The summed E-state index contributed by atoms with van der Waals surface area (Å²) in [7, 11) is -3.94. The second-order valence-electron chi connectivity index (χ2n) is 4.32. The number of halogens is 1. The van der Waals surface area contributed by atoms with Crippen molar-refractivity contribution in [2.75, 3.05) is 4.72 Å². The van der Waals surface area contributed by atoms with Crippen molar-refractivity contribution in [3.8, 4) is 0 Å². The lowest BCUT2D eigenvalue weighted by Crippen LogP contribution is -2.14. The van der Waals surface area contributed by atoms with Gasteiger partial charge >= 0.3 is 0 Å². The summed E-state index contributed by atoms with van der Waals surface area (Å²) in [5, 5.41) is 10.7. The van der Waals surface area contributed by atoms with Gasteiger partial charge in [0.15, 0.2) is 0 Å². The molecule has 110 valence electrons. The van der Waals surface area contributed by atoms with Gasteiger partial charge in [-0.2, -0.15) is 0 Å². The van der Waals surface area contributed by atoms with E-state index in [4.69, 9.17) is 0 Å². The van der Waals surface area contributed by atoms with Crippen LogP contribution in [0.1, 0.15) is 5.56 Å². The molecule has 0 bridgehead atoms. The van der Waals surface area contributed by atoms with E-state index in [0.717, 1.165) is 24.3 Å². The first-order valence-electron chi connectivity index (χ1n) is 5.83. The molecule has 0 amide bonds. The first-order valence-corrected chi connectivity index (χ1v) is 7.31. The summed E-state index contributed by atoms with van der Waals surface area (Å²) in [6, 6.07) is 8.40. The van der Waals surface area contributed by atoms with Gasteiger partial charge in [-0.05, 0) is 36.8 Å². The van der Waals surface area contributed by atoms with Crippen molar-refractivity contribution in [3.05, 3.63) is 64.0 Å². The first-order chi connectivity index (χ1) is 9.79. The number of nitrogens with zero attached hydrogens (tertiary/aromatic N) is 1. The number of nitro groups is 1. The van der Waals surface area contributed by atoms with Gasteiger partial charge in [-0.15, -0.1) is 0 Å². The fourth-order valence-electron chi connectivity index (χ4n) is 1.81. The van der Waals surface area contributed by atoms with E-state index in [0.29, 0.717) is 0 Å². The lowest BCUT2D eigenvalue weighted by molar-refractivity contribution is -0.384. The molecule has 0 aliphatic rings. The number of rotatable bonds is 4. The number of non-ortho nitro benzene ring substituents is 1. The third-order valence-electron chi connectivity index (χ3n) is 2.74. The molecule has 0 radical (unpaired) electrons. The van der Waals surface area contributed by atoms with Crippen LogP contribution in [0.3, 0.4) is 0 Å². The Morgan fingerprint density at radius 3 is 2.52 bits per heavy atom. The van der Waals surface area contributed by atoms with E-state index in [9.17, 15) is 22.9 Å². The number of anilines is 1. The Labute approximate surface area is 120 Å². The molecule has 1 N–H and O–H groups in total. The quantitative estimate of drug-likeness (QED) is 0.694. The minimum absolute atomic E-state index is 0.0629. The van der Waals surface area contributed by atoms with E-state index in [2.05, 4.69) is 4.72 Å². The highest BCUT2D eigenvalue weighted by Gasteiger charge is 2.18. The molecular formula is C13H11FN2O4S. The molecule has 8 heteroatoms. The molecule has 0 saturated carbocycles. The van der Waals surface area contributed by atoms with Crippen LogP contribution in [0.15, 0.2) is 47.4 Å². The highest BCUT2D eigenvalue weighted by molar-refractivity contribution is 7.92. The number of benzene rings is 2. The third kappa shape index (κ3) is 3.34. The number of nitrogens with one attached hydrogen (secondary N) is 1. The van der Waals surface area contributed by atoms with Crippen molar-refractivity contribution in [1.29, 1.82) is 0 Å². The van der Waals surface area contributed by atoms with Crippen LogP contribution in [-0.2, 0) is 10.0 Å². The van der Waals surface area contributed by atoms with E-state index in [1.54, 1.807) is 0 Å². The molecule has 0 saturated heterocycles. The van der Waals surface area contributed by atoms with Gasteiger partial charge in [0.25, 0.3) is 15.7 Å². The van der Waals surface area contributed by atoms with Crippen LogP contribution in [0.25, 0.3) is 0 Å². The van der Waals surface area contributed by atoms with Gasteiger partial charge < -0.3 is 0 Å². The minimum atomic E-state index is -3.94. The minimum Gasteiger partial charge on any atom is -0.279 e. The van der Waals surface area contributed by atoms with Crippen molar-refractivity contribution < 1.29 is 17.7 Å². The average Bonchev–Trinajstić information content (AvgIpc) is 2.37. The van der Waals surface area contributed by atoms with Crippen LogP contribution in [-0.4, -0.2) is 13.3 Å². The second-order valence-corrected chi connectivity index (χ2v) is 5.97. The van der Waals surface area contributed by atoms with Gasteiger partial charge in [0.05, 0.1) is 15.5 Å². The van der Waals surface area contributed by atoms with E-state index >= 15 is 0 Å². The number of aryl methyl sites for hydroxylation is 1. The molecule has 2 rings (SSSR count). The molecule has 6 nitrogen and oxygen atoms in total. The molecule has 0 atom stereocenters. The Kier molecular flexibility index (Phi) is 3.90. The summed E-state index contributed by atoms with van der Waals surface area (Å²) in [5.74, 6) is -0.540. The van der Waals surface area contributed by atoms with Crippen molar-refractivity contribution >= 4 is 21.4 Å². The highest BCUT2D eigenvalue weighted by Crippen LogP contribution is 2.22. The molecule has 2 aromatic rings.